The number of fused-ring (bicyclic) bond motifs is 1. The normalized spacial score (nSPS) is 10.7. The van der Waals surface area contributed by atoms with Crippen molar-refractivity contribution in [3.63, 3.8) is 0 Å². The Hall–Kier alpha value is -2.29. The lowest BCUT2D eigenvalue weighted by Gasteiger charge is -2.02. The summed E-state index contributed by atoms with van der Waals surface area (Å²) in [6.07, 6.45) is 2.21. The topological polar surface area (TPSA) is 8.81 Å². The largest absolute Gasteiger partial charge is 1.00 e. The van der Waals surface area contributed by atoms with Gasteiger partial charge < -0.3 is 12.4 Å². The van der Waals surface area contributed by atoms with Gasteiger partial charge in [-0.25, -0.2) is 9.13 Å². The first-order valence-electron chi connectivity index (χ1n) is 8.47. The number of aromatic nitrogens is 2. The number of hydrogen-bond acceptors (Lipinski definition) is 0. The first-order chi connectivity index (χ1) is 12.2. The summed E-state index contributed by atoms with van der Waals surface area (Å²) in [7, 11) is 0. The molecule has 0 N–H and O–H groups in total. The van der Waals surface area contributed by atoms with Gasteiger partial charge >= 0.3 is 0 Å². The smallest absolute Gasteiger partial charge is 0.245 e. The third-order valence-electron chi connectivity index (χ3n) is 4.65. The highest BCUT2D eigenvalue weighted by Crippen LogP contribution is 2.16. The molecular formula is C22H20Cl2N2. The molecule has 2 nitrogen and oxygen atoms in total. The van der Waals surface area contributed by atoms with Gasteiger partial charge in [0.1, 0.15) is 13.1 Å². The van der Waals surface area contributed by atoms with E-state index in [0.29, 0.717) is 0 Å². The number of nitrogens with zero attached hydrogens (tertiary/aromatic N) is 2. The van der Waals surface area contributed by atoms with Crippen molar-refractivity contribution in [2.75, 3.05) is 0 Å². The van der Waals surface area contributed by atoms with Crippen molar-refractivity contribution in [2.24, 2.45) is 0 Å². The lowest BCUT2D eigenvalue weighted by Crippen LogP contribution is -3.00. The predicted molar refractivity (Wildman–Crippen MR) is 103 cm³/mol. The summed E-state index contributed by atoms with van der Waals surface area (Å²) in [6, 6.07) is 25.2. The first-order valence-corrected chi connectivity index (χ1v) is 8.85. The Bertz CT molecular complexity index is 1020. The Kier molecular flexibility index (Phi) is 5.65. The Morgan fingerprint density at radius 2 is 1.58 bits per heavy atom. The molecule has 0 bridgehead atoms. The van der Waals surface area contributed by atoms with Gasteiger partial charge in [-0.05, 0) is 47.9 Å². The fourth-order valence-electron chi connectivity index (χ4n) is 3.25. The van der Waals surface area contributed by atoms with Crippen molar-refractivity contribution in [2.45, 2.75) is 20.0 Å². The van der Waals surface area contributed by atoms with E-state index in [9.17, 15) is 0 Å². The van der Waals surface area contributed by atoms with Gasteiger partial charge in [0.25, 0.3) is 0 Å². The second-order valence-electron chi connectivity index (χ2n) is 6.41. The zero-order valence-electron chi connectivity index (χ0n) is 14.6. The van der Waals surface area contributed by atoms with Crippen LogP contribution in [0.2, 0.25) is 5.02 Å². The highest BCUT2D eigenvalue weighted by Gasteiger charge is 2.16. The summed E-state index contributed by atoms with van der Waals surface area (Å²) in [4.78, 5) is 0. The molecule has 0 aliphatic heterocycles. The van der Waals surface area contributed by atoms with Crippen molar-refractivity contribution in [1.82, 2.24) is 4.57 Å². The molecule has 0 aliphatic carbocycles. The average Bonchev–Trinajstić information content (AvgIpc) is 2.97. The zero-order valence-corrected chi connectivity index (χ0v) is 16.1. The van der Waals surface area contributed by atoms with Crippen molar-refractivity contribution in [3.05, 3.63) is 101 Å². The van der Waals surface area contributed by atoms with Crippen LogP contribution in [-0.4, -0.2) is 4.57 Å². The number of rotatable bonds is 4. The van der Waals surface area contributed by atoms with Gasteiger partial charge in [0.15, 0.2) is 11.0 Å². The molecule has 3 aromatic carbocycles. The van der Waals surface area contributed by atoms with Crippen LogP contribution >= 0.6 is 11.6 Å². The molecule has 132 valence electrons. The van der Waals surface area contributed by atoms with Crippen molar-refractivity contribution in [1.29, 1.82) is 0 Å². The lowest BCUT2D eigenvalue weighted by molar-refractivity contribution is -0.663. The van der Waals surface area contributed by atoms with Gasteiger partial charge in [-0.1, -0.05) is 60.1 Å². The maximum Gasteiger partial charge on any atom is 0.245 e. The van der Waals surface area contributed by atoms with Crippen LogP contribution in [0.1, 0.15) is 16.7 Å². The van der Waals surface area contributed by atoms with Gasteiger partial charge in [-0.3, -0.25) is 0 Å². The maximum atomic E-state index is 6.01. The molecule has 0 amide bonds. The summed E-state index contributed by atoms with van der Waals surface area (Å²) in [5, 5.41) is 0.774. The van der Waals surface area contributed by atoms with E-state index in [4.69, 9.17) is 11.6 Å². The molecule has 4 rings (SSSR count). The molecule has 0 spiro atoms. The molecule has 0 fully saturated rings. The van der Waals surface area contributed by atoms with E-state index >= 15 is 0 Å². The van der Waals surface area contributed by atoms with Gasteiger partial charge in [-0.2, -0.15) is 0 Å². The fraction of sp³-hybridized carbons (Fsp3) is 0.136. The third kappa shape index (κ3) is 3.77. The number of imidazole rings is 1. The maximum absolute atomic E-state index is 6.01. The summed E-state index contributed by atoms with van der Waals surface area (Å²) < 4.78 is 4.63. The van der Waals surface area contributed by atoms with Crippen molar-refractivity contribution >= 4 is 22.6 Å². The van der Waals surface area contributed by atoms with E-state index in [0.717, 1.165) is 18.1 Å². The molecule has 1 aromatic heterocycles. The van der Waals surface area contributed by atoms with E-state index in [1.165, 1.54) is 27.7 Å². The minimum absolute atomic E-state index is 0. The van der Waals surface area contributed by atoms with Crippen LogP contribution < -0.4 is 17.0 Å². The molecule has 26 heavy (non-hydrogen) atoms. The van der Waals surface area contributed by atoms with Crippen LogP contribution in [0.25, 0.3) is 11.0 Å². The van der Waals surface area contributed by atoms with E-state index in [1.54, 1.807) is 0 Å². The highest BCUT2D eigenvalue weighted by molar-refractivity contribution is 6.30. The summed E-state index contributed by atoms with van der Waals surface area (Å²) in [6.45, 7) is 3.88. The lowest BCUT2D eigenvalue weighted by atomic mass is 10.1. The minimum Gasteiger partial charge on any atom is -1.00 e. The minimum atomic E-state index is 0. The standard InChI is InChI=1S/C22H20ClN2.ClH/c1-17-6-2-3-7-19(17)15-25-16-24(21-8-4-5-9-22(21)25)14-18-10-12-20(23)13-11-18;/h2-13,16H,14-15H2,1H3;1H/q+1;/p-1. The number of para-hydroxylation sites is 2. The Balaban J connectivity index is 0.00000196. The second kappa shape index (κ2) is 7.94. The predicted octanol–water partition coefficient (Wildman–Crippen LogP) is 1.99. The number of hydrogen-bond donors (Lipinski definition) is 0. The third-order valence-corrected chi connectivity index (χ3v) is 4.90. The van der Waals surface area contributed by atoms with E-state index in [2.05, 4.69) is 83.0 Å². The highest BCUT2D eigenvalue weighted by atomic mass is 35.5. The van der Waals surface area contributed by atoms with Crippen LogP contribution in [0.5, 0.6) is 0 Å². The SMILES string of the molecule is Cc1ccccc1Cn1c[n+](Cc2ccc(Cl)cc2)c2ccccc21.[Cl-]. The fourth-order valence-corrected chi connectivity index (χ4v) is 3.38. The Labute approximate surface area is 165 Å². The molecule has 0 unspecified atom stereocenters. The van der Waals surface area contributed by atoms with E-state index in [1.807, 2.05) is 12.1 Å². The molecule has 0 saturated heterocycles. The molecule has 0 radical (unpaired) electrons. The van der Waals surface area contributed by atoms with Crippen LogP contribution in [0.4, 0.5) is 0 Å². The monoisotopic (exact) mass is 382 g/mol. The molecule has 0 atom stereocenters. The summed E-state index contributed by atoms with van der Waals surface area (Å²) in [5.41, 5.74) is 6.41. The van der Waals surface area contributed by atoms with Gasteiger partial charge in [0.05, 0.1) is 0 Å². The first kappa shape index (κ1) is 18.5. The summed E-state index contributed by atoms with van der Waals surface area (Å²) >= 11 is 6.01. The van der Waals surface area contributed by atoms with Crippen molar-refractivity contribution in [3.8, 4) is 0 Å². The number of aryl methyl sites for hydroxylation is 1. The van der Waals surface area contributed by atoms with Gasteiger partial charge in [0.2, 0.25) is 6.33 Å². The molecule has 4 heteroatoms. The Morgan fingerprint density at radius 1 is 0.885 bits per heavy atom. The van der Waals surface area contributed by atoms with Crippen LogP contribution in [-0.2, 0) is 13.1 Å². The molecule has 1 heterocycles. The molecule has 0 saturated carbocycles. The van der Waals surface area contributed by atoms with Crippen LogP contribution in [0.3, 0.4) is 0 Å². The quantitative estimate of drug-likeness (QED) is 0.477. The molecular weight excluding hydrogens is 363 g/mol. The van der Waals surface area contributed by atoms with Crippen molar-refractivity contribution < 1.29 is 17.0 Å². The Morgan fingerprint density at radius 3 is 2.35 bits per heavy atom. The van der Waals surface area contributed by atoms with Gasteiger partial charge in [0, 0.05) is 5.02 Å². The number of benzene rings is 3. The van der Waals surface area contributed by atoms with E-state index in [-0.39, 0.29) is 12.4 Å². The summed E-state index contributed by atoms with van der Waals surface area (Å²) in [5.74, 6) is 0. The number of halogens is 2. The molecule has 0 aliphatic rings. The van der Waals surface area contributed by atoms with Gasteiger partial charge in [-0.15, -0.1) is 0 Å². The molecule has 4 aromatic rings. The second-order valence-corrected chi connectivity index (χ2v) is 6.85. The van der Waals surface area contributed by atoms with E-state index < -0.39 is 0 Å². The average molecular weight is 383 g/mol. The van der Waals surface area contributed by atoms with Crippen LogP contribution in [0, 0.1) is 6.92 Å². The van der Waals surface area contributed by atoms with Crippen LogP contribution in [0.15, 0.2) is 79.1 Å². The zero-order chi connectivity index (χ0) is 17.2.